The Bertz CT molecular complexity index is 274. The predicted octanol–water partition coefficient (Wildman–Crippen LogP) is 1.28. The average molecular weight is 259 g/mol. The Kier molecular flexibility index (Phi) is 5.15. The lowest BCUT2D eigenvalue weighted by atomic mass is 10.2. The SMILES string of the molecule is CC[C@H](CO)[NH2+]Cc1cccc(Br)c1. The van der Waals surface area contributed by atoms with Gasteiger partial charge in [0, 0.05) is 10.0 Å². The summed E-state index contributed by atoms with van der Waals surface area (Å²) in [6, 6.07) is 8.60. The highest BCUT2D eigenvalue weighted by atomic mass is 79.9. The smallest absolute Gasteiger partial charge is 0.109 e. The van der Waals surface area contributed by atoms with Crippen molar-refractivity contribution < 1.29 is 10.4 Å². The fourth-order valence-electron chi connectivity index (χ4n) is 1.34. The molecule has 2 nitrogen and oxygen atoms in total. The molecule has 1 rings (SSSR count). The van der Waals surface area contributed by atoms with Gasteiger partial charge in [-0.05, 0) is 18.6 Å². The lowest BCUT2D eigenvalue weighted by molar-refractivity contribution is -0.706. The van der Waals surface area contributed by atoms with E-state index < -0.39 is 0 Å². The molecule has 0 aliphatic rings. The van der Waals surface area contributed by atoms with Crippen LogP contribution >= 0.6 is 15.9 Å². The van der Waals surface area contributed by atoms with Crippen molar-refractivity contribution in [2.24, 2.45) is 0 Å². The molecule has 3 heteroatoms. The van der Waals surface area contributed by atoms with Gasteiger partial charge in [-0.3, -0.25) is 0 Å². The van der Waals surface area contributed by atoms with E-state index in [9.17, 15) is 0 Å². The van der Waals surface area contributed by atoms with Gasteiger partial charge in [0.1, 0.15) is 12.6 Å². The number of hydrogen-bond acceptors (Lipinski definition) is 1. The maximum Gasteiger partial charge on any atom is 0.109 e. The van der Waals surface area contributed by atoms with Gasteiger partial charge in [-0.15, -0.1) is 0 Å². The largest absolute Gasteiger partial charge is 0.390 e. The third-order valence-electron chi connectivity index (χ3n) is 2.33. The van der Waals surface area contributed by atoms with Crippen molar-refractivity contribution in [1.29, 1.82) is 0 Å². The topological polar surface area (TPSA) is 36.8 Å². The molecule has 0 spiro atoms. The van der Waals surface area contributed by atoms with Crippen molar-refractivity contribution >= 4 is 15.9 Å². The molecule has 0 aliphatic heterocycles. The van der Waals surface area contributed by atoms with Crippen molar-refractivity contribution in [3.63, 3.8) is 0 Å². The molecule has 0 aliphatic carbocycles. The summed E-state index contributed by atoms with van der Waals surface area (Å²) >= 11 is 3.44. The van der Waals surface area contributed by atoms with Gasteiger partial charge in [-0.2, -0.15) is 0 Å². The normalized spacial score (nSPS) is 12.8. The highest BCUT2D eigenvalue weighted by Gasteiger charge is 2.06. The number of aliphatic hydroxyl groups excluding tert-OH is 1. The molecular formula is C11H17BrNO+. The van der Waals surface area contributed by atoms with Gasteiger partial charge in [-0.25, -0.2) is 0 Å². The molecule has 0 saturated heterocycles. The summed E-state index contributed by atoms with van der Waals surface area (Å²) in [6.45, 7) is 3.28. The number of nitrogens with two attached hydrogens (primary N) is 1. The molecule has 0 bridgehead atoms. The standard InChI is InChI=1S/C11H16BrNO/c1-2-11(8-14)13-7-9-4-3-5-10(12)6-9/h3-6,11,13-14H,2,7-8H2,1H3/p+1/t11-/m1/s1. The maximum absolute atomic E-state index is 9.02. The summed E-state index contributed by atoms with van der Waals surface area (Å²) in [7, 11) is 0. The van der Waals surface area contributed by atoms with E-state index in [2.05, 4.69) is 40.3 Å². The summed E-state index contributed by atoms with van der Waals surface area (Å²) in [5.41, 5.74) is 1.28. The molecule has 3 N–H and O–H groups in total. The van der Waals surface area contributed by atoms with Gasteiger partial charge in [-0.1, -0.05) is 35.0 Å². The van der Waals surface area contributed by atoms with E-state index in [1.165, 1.54) is 5.56 Å². The van der Waals surface area contributed by atoms with Crippen LogP contribution in [0.25, 0.3) is 0 Å². The van der Waals surface area contributed by atoms with Crippen LogP contribution in [0.4, 0.5) is 0 Å². The van der Waals surface area contributed by atoms with Crippen LogP contribution in [-0.4, -0.2) is 17.8 Å². The van der Waals surface area contributed by atoms with E-state index in [1.54, 1.807) is 0 Å². The lowest BCUT2D eigenvalue weighted by Gasteiger charge is -2.10. The van der Waals surface area contributed by atoms with Gasteiger partial charge in [0.2, 0.25) is 0 Å². The second-order valence-corrected chi connectivity index (χ2v) is 4.34. The number of rotatable bonds is 5. The Hall–Kier alpha value is -0.380. The van der Waals surface area contributed by atoms with Gasteiger partial charge in [0.15, 0.2) is 0 Å². The molecule has 0 radical (unpaired) electrons. The summed E-state index contributed by atoms with van der Waals surface area (Å²) < 4.78 is 1.11. The van der Waals surface area contributed by atoms with E-state index in [1.807, 2.05) is 12.1 Å². The van der Waals surface area contributed by atoms with Gasteiger partial charge >= 0.3 is 0 Å². The fourth-order valence-corrected chi connectivity index (χ4v) is 1.78. The molecule has 0 amide bonds. The van der Waals surface area contributed by atoms with Crippen LogP contribution in [0, 0.1) is 0 Å². The highest BCUT2D eigenvalue weighted by Crippen LogP contribution is 2.10. The molecule has 1 aromatic carbocycles. The van der Waals surface area contributed by atoms with Gasteiger partial charge in [0.05, 0.1) is 6.61 Å². The van der Waals surface area contributed by atoms with E-state index >= 15 is 0 Å². The minimum atomic E-state index is 0.254. The minimum absolute atomic E-state index is 0.254. The number of halogens is 1. The third kappa shape index (κ3) is 3.78. The molecule has 1 atom stereocenters. The summed E-state index contributed by atoms with van der Waals surface area (Å²) in [4.78, 5) is 0. The van der Waals surface area contributed by atoms with Crippen LogP contribution in [0.15, 0.2) is 28.7 Å². The molecule has 1 aromatic rings. The first kappa shape index (κ1) is 11.7. The number of hydrogen-bond donors (Lipinski definition) is 2. The van der Waals surface area contributed by atoms with Crippen LogP contribution in [0.3, 0.4) is 0 Å². The van der Waals surface area contributed by atoms with Crippen LogP contribution < -0.4 is 5.32 Å². The molecule has 0 saturated carbocycles. The first-order valence-electron chi connectivity index (χ1n) is 4.95. The van der Waals surface area contributed by atoms with Crippen molar-refractivity contribution in [3.05, 3.63) is 34.3 Å². The zero-order chi connectivity index (χ0) is 10.4. The van der Waals surface area contributed by atoms with E-state index in [4.69, 9.17) is 5.11 Å². The quantitative estimate of drug-likeness (QED) is 0.821. The predicted molar refractivity (Wildman–Crippen MR) is 60.9 cm³/mol. The zero-order valence-electron chi connectivity index (χ0n) is 8.41. The van der Waals surface area contributed by atoms with Gasteiger partial charge < -0.3 is 10.4 Å². The average Bonchev–Trinajstić information content (AvgIpc) is 2.19. The Labute approximate surface area is 93.5 Å². The summed E-state index contributed by atoms with van der Waals surface area (Å²) in [5, 5.41) is 11.2. The Morgan fingerprint density at radius 3 is 2.86 bits per heavy atom. The van der Waals surface area contributed by atoms with Gasteiger partial charge in [0.25, 0.3) is 0 Å². The third-order valence-corrected chi connectivity index (χ3v) is 2.83. The van der Waals surface area contributed by atoms with E-state index in [0.717, 1.165) is 17.4 Å². The van der Waals surface area contributed by atoms with E-state index in [-0.39, 0.29) is 6.61 Å². The van der Waals surface area contributed by atoms with Crippen molar-refractivity contribution in [3.8, 4) is 0 Å². The number of benzene rings is 1. The Morgan fingerprint density at radius 2 is 2.29 bits per heavy atom. The molecule has 14 heavy (non-hydrogen) atoms. The summed E-state index contributed by atoms with van der Waals surface area (Å²) in [5.74, 6) is 0. The summed E-state index contributed by atoms with van der Waals surface area (Å²) in [6.07, 6.45) is 1.00. The molecule has 0 aromatic heterocycles. The monoisotopic (exact) mass is 258 g/mol. The Balaban J connectivity index is 2.44. The zero-order valence-corrected chi connectivity index (χ0v) is 10.00. The second kappa shape index (κ2) is 6.17. The fraction of sp³-hybridized carbons (Fsp3) is 0.455. The minimum Gasteiger partial charge on any atom is -0.390 e. The molecule has 0 heterocycles. The first-order valence-corrected chi connectivity index (χ1v) is 5.74. The number of quaternary nitrogens is 1. The lowest BCUT2D eigenvalue weighted by Crippen LogP contribution is -2.89. The van der Waals surface area contributed by atoms with Crippen LogP contribution in [0.1, 0.15) is 18.9 Å². The molecule has 0 unspecified atom stereocenters. The molecular weight excluding hydrogens is 242 g/mol. The van der Waals surface area contributed by atoms with Crippen LogP contribution in [0.5, 0.6) is 0 Å². The van der Waals surface area contributed by atoms with Crippen LogP contribution in [-0.2, 0) is 6.54 Å². The van der Waals surface area contributed by atoms with E-state index in [0.29, 0.717) is 6.04 Å². The molecule has 0 fully saturated rings. The second-order valence-electron chi connectivity index (χ2n) is 3.42. The molecule has 78 valence electrons. The maximum atomic E-state index is 9.02. The first-order chi connectivity index (χ1) is 6.76. The van der Waals surface area contributed by atoms with Crippen molar-refractivity contribution in [1.82, 2.24) is 0 Å². The number of aliphatic hydroxyl groups is 1. The van der Waals surface area contributed by atoms with Crippen LogP contribution in [0.2, 0.25) is 0 Å². The Morgan fingerprint density at radius 1 is 1.50 bits per heavy atom. The van der Waals surface area contributed by atoms with Crippen molar-refractivity contribution in [2.45, 2.75) is 25.9 Å². The van der Waals surface area contributed by atoms with Crippen molar-refractivity contribution in [2.75, 3.05) is 6.61 Å². The highest BCUT2D eigenvalue weighted by molar-refractivity contribution is 9.10.